The second-order valence-corrected chi connectivity index (χ2v) is 5.71. The number of phenols is 1. The van der Waals surface area contributed by atoms with Crippen molar-refractivity contribution in [3.63, 3.8) is 0 Å². The van der Waals surface area contributed by atoms with Gasteiger partial charge in [0.15, 0.2) is 0 Å². The lowest BCUT2D eigenvalue weighted by Gasteiger charge is -2.18. The number of aromatic hydroxyl groups is 1. The van der Waals surface area contributed by atoms with E-state index >= 15 is 0 Å². The molecular weight excluding hydrogens is 258 g/mol. The number of unbranched alkanes of at least 4 members (excludes halogenated alkanes) is 1. The summed E-state index contributed by atoms with van der Waals surface area (Å²) in [6.07, 6.45) is 3.65. The lowest BCUT2D eigenvalue weighted by Crippen LogP contribution is -2.07. The fourth-order valence-corrected chi connectivity index (χ4v) is 2.48. The second kappa shape index (κ2) is 7.16. The van der Waals surface area contributed by atoms with E-state index in [1.807, 2.05) is 13.0 Å². The minimum atomic E-state index is 0.244. The maximum absolute atomic E-state index is 9.46. The highest BCUT2D eigenvalue weighted by atomic mass is 16.3. The van der Waals surface area contributed by atoms with Crippen molar-refractivity contribution < 1.29 is 5.11 Å². The molecule has 0 aliphatic carbocycles. The molecule has 2 aromatic carbocycles. The van der Waals surface area contributed by atoms with Crippen LogP contribution in [0, 0.1) is 6.92 Å². The number of rotatable bonds is 6. The van der Waals surface area contributed by atoms with Crippen molar-refractivity contribution >= 4 is 5.69 Å². The third kappa shape index (κ3) is 4.25. The van der Waals surface area contributed by atoms with Gasteiger partial charge in [-0.25, -0.2) is 0 Å². The van der Waals surface area contributed by atoms with Crippen LogP contribution in [-0.2, 0) is 6.42 Å². The number of aryl methyl sites for hydroxylation is 2. The van der Waals surface area contributed by atoms with Gasteiger partial charge < -0.3 is 10.4 Å². The van der Waals surface area contributed by atoms with Crippen LogP contribution in [-0.4, -0.2) is 5.11 Å². The SMILES string of the molecule is CCCCc1ccc(C(C)Nc2ccc(O)cc2C)cc1. The van der Waals surface area contributed by atoms with Crippen LogP contribution in [0.25, 0.3) is 0 Å². The molecule has 112 valence electrons. The molecule has 21 heavy (non-hydrogen) atoms. The number of nitrogens with one attached hydrogen (secondary N) is 1. The van der Waals surface area contributed by atoms with Gasteiger partial charge in [-0.15, -0.1) is 0 Å². The fraction of sp³-hybridized carbons (Fsp3) is 0.368. The van der Waals surface area contributed by atoms with E-state index in [0.717, 1.165) is 17.7 Å². The number of phenolic OH excluding ortho intramolecular Hbond substituents is 1. The summed E-state index contributed by atoms with van der Waals surface area (Å²) in [6.45, 7) is 6.39. The summed E-state index contributed by atoms with van der Waals surface area (Å²) < 4.78 is 0. The molecule has 0 saturated heterocycles. The van der Waals surface area contributed by atoms with Gasteiger partial charge in [-0.05, 0) is 61.6 Å². The highest BCUT2D eigenvalue weighted by Crippen LogP contribution is 2.25. The molecule has 1 unspecified atom stereocenters. The first-order valence-corrected chi connectivity index (χ1v) is 7.75. The summed E-state index contributed by atoms with van der Waals surface area (Å²) in [4.78, 5) is 0. The molecule has 2 rings (SSSR count). The molecule has 2 N–H and O–H groups in total. The Balaban J connectivity index is 2.04. The Morgan fingerprint density at radius 3 is 2.43 bits per heavy atom. The van der Waals surface area contributed by atoms with Crippen molar-refractivity contribution in [2.45, 2.75) is 46.1 Å². The van der Waals surface area contributed by atoms with Crippen LogP contribution in [0.4, 0.5) is 5.69 Å². The van der Waals surface area contributed by atoms with E-state index in [1.165, 1.54) is 24.0 Å². The molecule has 0 spiro atoms. The van der Waals surface area contributed by atoms with E-state index in [0.29, 0.717) is 5.75 Å². The van der Waals surface area contributed by atoms with Crippen LogP contribution in [0.5, 0.6) is 5.75 Å². The molecule has 0 aliphatic rings. The zero-order valence-electron chi connectivity index (χ0n) is 13.2. The van der Waals surface area contributed by atoms with Gasteiger partial charge in [0.1, 0.15) is 5.75 Å². The third-order valence-corrected chi connectivity index (χ3v) is 3.88. The van der Waals surface area contributed by atoms with Gasteiger partial charge in [0, 0.05) is 11.7 Å². The van der Waals surface area contributed by atoms with Crippen LogP contribution < -0.4 is 5.32 Å². The first-order valence-electron chi connectivity index (χ1n) is 7.75. The van der Waals surface area contributed by atoms with E-state index in [1.54, 1.807) is 12.1 Å². The highest BCUT2D eigenvalue weighted by Gasteiger charge is 2.07. The van der Waals surface area contributed by atoms with Gasteiger partial charge in [0.2, 0.25) is 0 Å². The zero-order chi connectivity index (χ0) is 15.2. The van der Waals surface area contributed by atoms with Crippen molar-refractivity contribution in [3.05, 3.63) is 59.2 Å². The van der Waals surface area contributed by atoms with E-state index in [9.17, 15) is 5.11 Å². The lowest BCUT2D eigenvalue weighted by atomic mass is 10.0. The average molecular weight is 283 g/mol. The molecule has 0 radical (unpaired) electrons. The summed E-state index contributed by atoms with van der Waals surface area (Å²) in [7, 11) is 0. The van der Waals surface area contributed by atoms with E-state index in [2.05, 4.69) is 43.4 Å². The Bertz CT molecular complexity index is 575. The molecule has 2 nitrogen and oxygen atoms in total. The second-order valence-electron chi connectivity index (χ2n) is 5.71. The molecular formula is C19H25NO. The highest BCUT2D eigenvalue weighted by molar-refractivity contribution is 5.54. The topological polar surface area (TPSA) is 32.3 Å². The average Bonchev–Trinajstić information content (AvgIpc) is 2.48. The van der Waals surface area contributed by atoms with Gasteiger partial charge >= 0.3 is 0 Å². The molecule has 0 amide bonds. The van der Waals surface area contributed by atoms with Crippen LogP contribution in [0.15, 0.2) is 42.5 Å². The van der Waals surface area contributed by atoms with Gasteiger partial charge in [-0.1, -0.05) is 37.6 Å². The molecule has 0 saturated carbocycles. The molecule has 2 heteroatoms. The Morgan fingerprint density at radius 1 is 1.10 bits per heavy atom. The van der Waals surface area contributed by atoms with Crippen LogP contribution in [0.2, 0.25) is 0 Å². The summed E-state index contributed by atoms with van der Waals surface area (Å²) in [5, 5.41) is 13.0. The lowest BCUT2D eigenvalue weighted by molar-refractivity contribution is 0.475. The van der Waals surface area contributed by atoms with Crippen LogP contribution in [0.3, 0.4) is 0 Å². The van der Waals surface area contributed by atoms with Crippen molar-refractivity contribution in [2.75, 3.05) is 5.32 Å². The Hall–Kier alpha value is -1.96. The Morgan fingerprint density at radius 2 is 1.81 bits per heavy atom. The standard InChI is InChI=1S/C19H25NO/c1-4-5-6-16-7-9-17(10-8-16)15(3)20-19-12-11-18(21)13-14(19)2/h7-13,15,20-21H,4-6H2,1-3H3. The largest absolute Gasteiger partial charge is 0.508 e. The molecule has 0 fully saturated rings. The maximum atomic E-state index is 9.46. The minimum absolute atomic E-state index is 0.244. The molecule has 0 aliphatic heterocycles. The normalized spacial score (nSPS) is 12.1. The summed E-state index contributed by atoms with van der Waals surface area (Å²) in [5.41, 5.74) is 4.81. The van der Waals surface area contributed by atoms with Crippen LogP contribution >= 0.6 is 0 Å². The predicted octanol–water partition coefficient (Wildman–Crippen LogP) is 5.22. The molecule has 0 bridgehead atoms. The maximum Gasteiger partial charge on any atom is 0.115 e. The number of hydrogen-bond acceptors (Lipinski definition) is 2. The monoisotopic (exact) mass is 283 g/mol. The number of hydrogen-bond donors (Lipinski definition) is 2. The summed E-state index contributed by atoms with van der Waals surface area (Å²) >= 11 is 0. The smallest absolute Gasteiger partial charge is 0.115 e. The van der Waals surface area contributed by atoms with Gasteiger partial charge in [0.05, 0.1) is 0 Å². The van der Waals surface area contributed by atoms with E-state index < -0.39 is 0 Å². The molecule has 2 aromatic rings. The molecule has 0 heterocycles. The third-order valence-electron chi connectivity index (χ3n) is 3.88. The first kappa shape index (κ1) is 15.4. The number of benzene rings is 2. The fourth-order valence-electron chi connectivity index (χ4n) is 2.48. The summed E-state index contributed by atoms with van der Waals surface area (Å²) in [5.74, 6) is 0.311. The number of anilines is 1. The van der Waals surface area contributed by atoms with Gasteiger partial charge in [-0.3, -0.25) is 0 Å². The van der Waals surface area contributed by atoms with Crippen LogP contribution in [0.1, 0.15) is 49.4 Å². The quantitative estimate of drug-likeness (QED) is 0.713. The van der Waals surface area contributed by atoms with Gasteiger partial charge in [-0.2, -0.15) is 0 Å². The summed E-state index contributed by atoms with van der Waals surface area (Å²) in [6, 6.07) is 14.5. The molecule has 0 aromatic heterocycles. The molecule has 1 atom stereocenters. The van der Waals surface area contributed by atoms with E-state index in [-0.39, 0.29) is 6.04 Å². The zero-order valence-corrected chi connectivity index (χ0v) is 13.2. The van der Waals surface area contributed by atoms with Crippen molar-refractivity contribution in [3.8, 4) is 5.75 Å². The van der Waals surface area contributed by atoms with Crippen molar-refractivity contribution in [2.24, 2.45) is 0 Å². The first-order chi connectivity index (χ1) is 10.1. The van der Waals surface area contributed by atoms with Crippen molar-refractivity contribution in [1.82, 2.24) is 0 Å². The Kier molecular flexibility index (Phi) is 5.26. The van der Waals surface area contributed by atoms with E-state index in [4.69, 9.17) is 0 Å². The Labute approximate surface area is 127 Å². The minimum Gasteiger partial charge on any atom is -0.508 e. The predicted molar refractivity (Wildman–Crippen MR) is 89.9 cm³/mol. The van der Waals surface area contributed by atoms with Gasteiger partial charge in [0.25, 0.3) is 0 Å². The van der Waals surface area contributed by atoms with Crippen molar-refractivity contribution in [1.29, 1.82) is 0 Å².